The number of aromatic nitrogens is 3. The SMILES string of the molecule is c1ccc(-c2cc(-c3ccc(-c4cccc5c4oc4ccccc45)cc3)nc(-c3ccc(-n4c5ccccc5c5ccccc54)cc3)n2)cc1. The summed E-state index contributed by atoms with van der Waals surface area (Å²) in [5, 5.41) is 4.75. The largest absolute Gasteiger partial charge is 0.455 e. The van der Waals surface area contributed by atoms with Gasteiger partial charge in [-0.1, -0.05) is 127 Å². The van der Waals surface area contributed by atoms with Crippen LogP contribution in [0.2, 0.25) is 0 Å². The number of hydrogen-bond donors (Lipinski definition) is 0. The summed E-state index contributed by atoms with van der Waals surface area (Å²) >= 11 is 0. The van der Waals surface area contributed by atoms with Gasteiger partial charge in [0, 0.05) is 49.5 Å². The van der Waals surface area contributed by atoms with Crippen LogP contribution in [0.4, 0.5) is 0 Å². The molecule has 10 rings (SSSR count). The van der Waals surface area contributed by atoms with Crippen LogP contribution < -0.4 is 0 Å². The van der Waals surface area contributed by atoms with E-state index in [-0.39, 0.29) is 0 Å². The molecule has 234 valence electrons. The van der Waals surface area contributed by atoms with Gasteiger partial charge in [0.25, 0.3) is 0 Å². The topological polar surface area (TPSA) is 43.9 Å². The molecule has 50 heavy (non-hydrogen) atoms. The number of para-hydroxylation sites is 4. The van der Waals surface area contributed by atoms with E-state index in [1.807, 2.05) is 30.3 Å². The molecular weight excluding hydrogens is 611 g/mol. The minimum atomic E-state index is 0.686. The van der Waals surface area contributed by atoms with Crippen molar-refractivity contribution in [2.45, 2.75) is 0 Å². The minimum absolute atomic E-state index is 0.686. The molecule has 0 atom stereocenters. The van der Waals surface area contributed by atoms with Crippen LogP contribution in [0.3, 0.4) is 0 Å². The molecule has 4 nitrogen and oxygen atoms in total. The molecule has 0 aliphatic rings. The lowest BCUT2D eigenvalue weighted by Gasteiger charge is -2.12. The normalized spacial score (nSPS) is 11.6. The monoisotopic (exact) mass is 639 g/mol. The summed E-state index contributed by atoms with van der Waals surface area (Å²) in [6.07, 6.45) is 0. The van der Waals surface area contributed by atoms with Gasteiger partial charge in [0.2, 0.25) is 0 Å². The summed E-state index contributed by atoms with van der Waals surface area (Å²) < 4.78 is 8.66. The van der Waals surface area contributed by atoms with E-state index < -0.39 is 0 Å². The second-order valence-corrected chi connectivity index (χ2v) is 12.6. The third-order valence-corrected chi connectivity index (χ3v) is 9.66. The molecule has 4 heteroatoms. The molecule has 10 aromatic rings. The van der Waals surface area contributed by atoms with Crippen molar-refractivity contribution < 1.29 is 4.42 Å². The number of rotatable bonds is 5. The Morgan fingerprint density at radius 2 is 0.940 bits per heavy atom. The van der Waals surface area contributed by atoms with E-state index in [0.29, 0.717) is 5.82 Å². The Balaban J connectivity index is 1.06. The van der Waals surface area contributed by atoms with Crippen molar-refractivity contribution in [3.8, 4) is 50.7 Å². The summed E-state index contributed by atoms with van der Waals surface area (Å²) in [5.74, 6) is 0.686. The molecule has 3 heterocycles. The molecular formula is C46H29N3O. The first-order chi connectivity index (χ1) is 24.8. The molecule has 0 N–H and O–H groups in total. The quantitative estimate of drug-likeness (QED) is 0.188. The summed E-state index contributed by atoms with van der Waals surface area (Å²) in [6, 6.07) is 61.3. The van der Waals surface area contributed by atoms with Gasteiger partial charge in [0.05, 0.1) is 22.4 Å². The number of fused-ring (bicyclic) bond motifs is 6. The average Bonchev–Trinajstić information content (AvgIpc) is 3.74. The van der Waals surface area contributed by atoms with Gasteiger partial charge < -0.3 is 8.98 Å². The van der Waals surface area contributed by atoms with Crippen LogP contribution in [0.25, 0.3) is 94.5 Å². The molecule has 0 aliphatic heterocycles. The van der Waals surface area contributed by atoms with Crippen molar-refractivity contribution in [1.82, 2.24) is 14.5 Å². The average molecular weight is 640 g/mol. The van der Waals surface area contributed by atoms with Crippen molar-refractivity contribution in [2.24, 2.45) is 0 Å². The van der Waals surface area contributed by atoms with Crippen molar-refractivity contribution in [3.05, 3.63) is 176 Å². The van der Waals surface area contributed by atoms with E-state index in [0.717, 1.165) is 66.8 Å². The summed E-state index contributed by atoms with van der Waals surface area (Å²) in [4.78, 5) is 10.2. The van der Waals surface area contributed by atoms with Gasteiger partial charge in [-0.05, 0) is 54.1 Å². The Morgan fingerprint density at radius 1 is 0.400 bits per heavy atom. The highest BCUT2D eigenvalue weighted by Crippen LogP contribution is 2.37. The van der Waals surface area contributed by atoms with Gasteiger partial charge >= 0.3 is 0 Å². The van der Waals surface area contributed by atoms with Crippen LogP contribution in [0.1, 0.15) is 0 Å². The van der Waals surface area contributed by atoms with Crippen LogP contribution in [0.15, 0.2) is 180 Å². The zero-order valence-corrected chi connectivity index (χ0v) is 27.0. The Labute approximate surface area is 288 Å². The summed E-state index contributed by atoms with van der Waals surface area (Å²) in [6.45, 7) is 0. The van der Waals surface area contributed by atoms with E-state index in [9.17, 15) is 0 Å². The fraction of sp³-hybridized carbons (Fsp3) is 0. The van der Waals surface area contributed by atoms with Crippen molar-refractivity contribution in [1.29, 1.82) is 0 Å². The summed E-state index contributed by atoms with van der Waals surface area (Å²) in [7, 11) is 0. The predicted octanol–water partition coefficient (Wildman–Crippen LogP) is 12.1. The molecule has 0 fully saturated rings. The maximum absolute atomic E-state index is 6.33. The second kappa shape index (κ2) is 11.4. The Kier molecular flexibility index (Phi) is 6.46. The molecule has 0 saturated heterocycles. The van der Waals surface area contributed by atoms with Gasteiger partial charge in [-0.15, -0.1) is 0 Å². The molecule has 3 aromatic heterocycles. The zero-order chi connectivity index (χ0) is 33.0. The first-order valence-corrected chi connectivity index (χ1v) is 16.8. The predicted molar refractivity (Wildman–Crippen MR) is 205 cm³/mol. The van der Waals surface area contributed by atoms with E-state index in [2.05, 4.69) is 150 Å². The van der Waals surface area contributed by atoms with E-state index in [1.54, 1.807) is 0 Å². The Bertz CT molecular complexity index is 2790. The van der Waals surface area contributed by atoms with Gasteiger partial charge in [0.15, 0.2) is 5.82 Å². The molecule has 0 unspecified atom stereocenters. The highest BCUT2D eigenvalue weighted by atomic mass is 16.3. The molecule has 0 amide bonds. The minimum Gasteiger partial charge on any atom is -0.455 e. The van der Waals surface area contributed by atoms with Crippen LogP contribution >= 0.6 is 0 Å². The number of furan rings is 1. The highest BCUT2D eigenvalue weighted by Gasteiger charge is 2.15. The third-order valence-electron chi connectivity index (χ3n) is 9.66. The van der Waals surface area contributed by atoms with Crippen LogP contribution in [-0.2, 0) is 0 Å². The third kappa shape index (κ3) is 4.61. The zero-order valence-electron chi connectivity index (χ0n) is 27.0. The van der Waals surface area contributed by atoms with E-state index >= 15 is 0 Å². The van der Waals surface area contributed by atoms with Crippen molar-refractivity contribution in [2.75, 3.05) is 0 Å². The van der Waals surface area contributed by atoms with E-state index in [4.69, 9.17) is 14.4 Å². The van der Waals surface area contributed by atoms with Crippen molar-refractivity contribution >= 4 is 43.7 Å². The summed E-state index contributed by atoms with van der Waals surface area (Å²) in [5.41, 5.74) is 12.2. The molecule has 0 spiro atoms. The van der Waals surface area contributed by atoms with Crippen molar-refractivity contribution in [3.63, 3.8) is 0 Å². The Morgan fingerprint density at radius 3 is 1.64 bits per heavy atom. The first-order valence-electron chi connectivity index (χ1n) is 16.8. The second-order valence-electron chi connectivity index (χ2n) is 12.6. The van der Waals surface area contributed by atoms with Gasteiger partial charge in [-0.2, -0.15) is 0 Å². The lowest BCUT2D eigenvalue weighted by Crippen LogP contribution is -1.97. The van der Waals surface area contributed by atoms with Gasteiger partial charge in [-0.25, -0.2) is 9.97 Å². The molecule has 0 saturated carbocycles. The molecule has 0 aliphatic carbocycles. The maximum Gasteiger partial charge on any atom is 0.160 e. The van der Waals surface area contributed by atoms with Crippen LogP contribution in [0.5, 0.6) is 0 Å². The number of hydrogen-bond acceptors (Lipinski definition) is 3. The standard InChI is InChI=1S/C46H29N3O/c1-2-11-31(12-3-1)40-29-41(32-23-21-30(22-24-32)35-16-10-17-39-38-15-6-9-20-44(38)50-45(35)39)48-46(47-40)33-25-27-34(28-26-33)49-42-18-7-4-13-36(42)37-14-5-8-19-43(37)49/h1-29H. The smallest absolute Gasteiger partial charge is 0.160 e. The number of nitrogens with zero attached hydrogens (tertiary/aromatic N) is 3. The number of benzene rings is 7. The molecule has 0 bridgehead atoms. The lowest BCUT2D eigenvalue weighted by atomic mass is 10.00. The van der Waals surface area contributed by atoms with Gasteiger partial charge in [-0.3, -0.25) is 0 Å². The fourth-order valence-corrected chi connectivity index (χ4v) is 7.24. The van der Waals surface area contributed by atoms with E-state index in [1.165, 1.54) is 21.8 Å². The fourth-order valence-electron chi connectivity index (χ4n) is 7.24. The van der Waals surface area contributed by atoms with Gasteiger partial charge in [0.1, 0.15) is 11.2 Å². The molecule has 0 radical (unpaired) electrons. The maximum atomic E-state index is 6.33. The lowest BCUT2D eigenvalue weighted by molar-refractivity contribution is 0.670. The van der Waals surface area contributed by atoms with Crippen LogP contribution in [0, 0.1) is 0 Å². The Hall–Kier alpha value is -6.78. The molecule has 7 aromatic carbocycles. The highest BCUT2D eigenvalue weighted by molar-refractivity contribution is 6.10. The first kappa shape index (κ1) is 28.3. The van der Waals surface area contributed by atoms with Crippen LogP contribution in [-0.4, -0.2) is 14.5 Å².